The molecule has 0 spiro atoms. The van der Waals surface area contributed by atoms with Crippen molar-refractivity contribution in [3.63, 3.8) is 0 Å². The average molecular weight is 722 g/mol. The van der Waals surface area contributed by atoms with Gasteiger partial charge in [-0.05, 0) is 61.9 Å². The number of nitrogen functional groups attached to an aromatic ring is 1. The highest BCUT2D eigenvalue weighted by atomic mass is 16.5. The Labute approximate surface area is 305 Å². The Kier molecular flexibility index (Phi) is 11.6. The standard InChI is InChI=1S/C37H43N11O5/c1-5-43-28(16-21(2)38)35(51)46-37-45-26-17-23(33(40)49)19-29(52-4)31(26)48(37)14-7-6-13-47-32-27(44-36(47)42-3)18-24(34(41)50)20-30(32)53-15-12-22-8-10-25(39)11-9-22/h6-11,16-20H,5,12-15,38-39H2,1-4H3,(H2,40,49)(H2,41,50)(H,42,44)(H,45,46,51)/b7-6+,21-16-,43-28?. The number of carbonyl (C=O) groups excluding carboxylic acids is 3. The number of hydrogen-bond donors (Lipinski definition) is 6. The summed E-state index contributed by atoms with van der Waals surface area (Å²) in [7, 11) is 3.21. The van der Waals surface area contributed by atoms with E-state index in [9.17, 15) is 14.4 Å². The largest absolute Gasteiger partial charge is 0.494 e. The van der Waals surface area contributed by atoms with Crippen LogP contribution in [0.1, 0.15) is 40.1 Å². The Bertz CT molecular complexity index is 2260. The molecule has 3 aromatic carbocycles. The van der Waals surface area contributed by atoms with Gasteiger partial charge in [0.1, 0.15) is 28.2 Å². The number of ether oxygens (including phenoxy) is 2. The van der Waals surface area contributed by atoms with E-state index in [1.165, 1.54) is 25.3 Å². The first-order chi connectivity index (χ1) is 25.4. The summed E-state index contributed by atoms with van der Waals surface area (Å²) in [5, 5.41) is 5.95. The van der Waals surface area contributed by atoms with Crippen LogP contribution in [-0.4, -0.2) is 69.8 Å². The molecule has 0 aliphatic carbocycles. The molecule has 0 aliphatic heterocycles. The maximum absolute atomic E-state index is 13.4. The monoisotopic (exact) mass is 721 g/mol. The fourth-order valence-corrected chi connectivity index (χ4v) is 5.71. The van der Waals surface area contributed by atoms with Gasteiger partial charge in [-0.1, -0.05) is 24.3 Å². The summed E-state index contributed by atoms with van der Waals surface area (Å²) in [6.45, 7) is 4.71. The third-order valence-corrected chi connectivity index (χ3v) is 8.15. The minimum absolute atomic E-state index is 0.129. The second-order valence-corrected chi connectivity index (χ2v) is 12.0. The average Bonchev–Trinajstić information content (AvgIpc) is 3.67. The van der Waals surface area contributed by atoms with E-state index in [1.807, 2.05) is 41.0 Å². The summed E-state index contributed by atoms with van der Waals surface area (Å²) >= 11 is 0. The van der Waals surface area contributed by atoms with Gasteiger partial charge in [-0.15, -0.1) is 0 Å². The Morgan fingerprint density at radius 1 is 0.868 bits per heavy atom. The Morgan fingerprint density at radius 2 is 1.43 bits per heavy atom. The van der Waals surface area contributed by atoms with Gasteiger partial charge in [-0.25, -0.2) is 9.97 Å². The van der Waals surface area contributed by atoms with Crippen LogP contribution in [-0.2, 0) is 24.3 Å². The molecule has 276 valence electrons. The fourth-order valence-electron chi connectivity index (χ4n) is 5.71. The summed E-state index contributed by atoms with van der Waals surface area (Å²) in [6, 6.07) is 13.8. The second-order valence-electron chi connectivity index (χ2n) is 12.0. The molecule has 0 fully saturated rings. The van der Waals surface area contributed by atoms with Gasteiger partial charge in [0.25, 0.3) is 5.91 Å². The van der Waals surface area contributed by atoms with Crippen LogP contribution in [0.25, 0.3) is 22.1 Å². The maximum Gasteiger partial charge on any atom is 0.276 e. The number of anilines is 3. The summed E-state index contributed by atoms with van der Waals surface area (Å²) < 4.78 is 15.5. The van der Waals surface area contributed by atoms with E-state index in [4.69, 9.17) is 37.4 Å². The summed E-state index contributed by atoms with van der Waals surface area (Å²) in [4.78, 5) is 51.3. The molecule has 0 unspecified atom stereocenters. The van der Waals surface area contributed by atoms with Crippen LogP contribution in [0.5, 0.6) is 11.5 Å². The molecule has 5 aromatic rings. The zero-order valence-electron chi connectivity index (χ0n) is 30.0. The van der Waals surface area contributed by atoms with E-state index < -0.39 is 17.7 Å². The number of hydrogen-bond acceptors (Lipinski definition) is 11. The zero-order valence-corrected chi connectivity index (χ0v) is 30.0. The van der Waals surface area contributed by atoms with Gasteiger partial charge in [-0.3, -0.25) is 24.7 Å². The van der Waals surface area contributed by atoms with Crippen molar-refractivity contribution in [1.29, 1.82) is 0 Å². The normalized spacial score (nSPS) is 12.1. The SMILES string of the molecule is CCN=C(/C=C(/C)N)C(=O)Nc1nc2cc(C(N)=O)cc(OC)c2n1C/C=C/Cn1c(NC)nc2cc(C(N)=O)cc(OCCc3ccc(N)cc3)c21. The van der Waals surface area contributed by atoms with E-state index in [2.05, 4.69) is 20.6 Å². The third kappa shape index (κ3) is 8.56. The highest BCUT2D eigenvalue weighted by Crippen LogP contribution is 2.32. The molecule has 53 heavy (non-hydrogen) atoms. The number of allylic oxidation sites excluding steroid dienone is 3. The first-order valence-corrected chi connectivity index (χ1v) is 16.8. The summed E-state index contributed by atoms with van der Waals surface area (Å²) in [5.41, 5.74) is 27.7. The summed E-state index contributed by atoms with van der Waals surface area (Å²) in [5.74, 6) is -0.289. The van der Waals surface area contributed by atoms with E-state index >= 15 is 0 Å². The third-order valence-electron chi connectivity index (χ3n) is 8.15. The highest BCUT2D eigenvalue weighted by Gasteiger charge is 2.21. The first-order valence-electron chi connectivity index (χ1n) is 16.8. The van der Waals surface area contributed by atoms with Gasteiger partial charge in [0.2, 0.25) is 23.7 Å². The topological polar surface area (TPSA) is 246 Å². The molecule has 0 atom stereocenters. The molecular weight excluding hydrogens is 678 g/mol. The van der Waals surface area contributed by atoms with Gasteiger partial charge in [-0.2, -0.15) is 0 Å². The van der Waals surface area contributed by atoms with Gasteiger partial charge < -0.3 is 46.9 Å². The fraction of sp³-hybridized carbons (Fsp3) is 0.243. The van der Waals surface area contributed by atoms with Crippen LogP contribution >= 0.6 is 0 Å². The number of benzene rings is 3. The molecule has 0 saturated carbocycles. The maximum atomic E-state index is 13.4. The number of methoxy groups -OCH3 is 1. The Balaban J connectivity index is 1.49. The predicted molar refractivity (Wildman–Crippen MR) is 206 cm³/mol. The van der Waals surface area contributed by atoms with Crippen molar-refractivity contribution in [2.24, 2.45) is 22.2 Å². The number of primary amides is 2. The molecule has 0 bridgehead atoms. The number of nitrogens with two attached hydrogens (primary N) is 4. The number of aromatic nitrogens is 4. The summed E-state index contributed by atoms with van der Waals surface area (Å²) in [6.07, 6.45) is 5.88. The molecule has 0 aliphatic rings. The van der Waals surface area contributed by atoms with Gasteiger partial charge >= 0.3 is 0 Å². The molecule has 16 nitrogen and oxygen atoms in total. The lowest BCUT2D eigenvalue weighted by atomic mass is 10.1. The van der Waals surface area contributed by atoms with Crippen LogP contribution in [0, 0.1) is 0 Å². The molecule has 10 N–H and O–H groups in total. The minimum Gasteiger partial charge on any atom is -0.494 e. The molecular formula is C37H43N11O5. The Morgan fingerprint density at radius 3 is 1.98 bits per heavy atom. The van der Waals surface area contributed by atoms with Crippen LogP contribution < -0.4 is 43.0 Å². The van der Waals surface area contributed by atoms with Crippen molar-refractivity contribution < 1.29 is 23.9 Å². The highest BCUT2D eigenvalue weighted by molar-refractivity contribution is 6.47. The number of aliphatic imine (C=N–C) groups is 1. The van der Waals surface area contributed by atoms with Crippen LogP contribution in [0.15, 0.2) is 77.4 Å². The lowest BCUT2D eigenvalue weighted by Gasteiger charge is -2.13. The Hall–Kier alpha value is -6.84. The number of nitrogens with one attached hydrogen (secondary N) is 2. The number of fused-ring (bicyclic) bond motifs is 2. The van der Waals surface area contributed by atoms with Gasteiger partial charge in [0, 0.05) is 55.6 Å². The van der Waals surface area contributed by atoms with E-state index in [1.54, 1.807) is 37.6 Å². The van der Waals surface area contributed by atoms with E-state index in [0.29, 0.717) is 77.0 Å². The quantitative estimate of drug-likeness (QED) is 0.0493. The molecule has 16 heteroatoms. The van der Waals surface area contributed by atoms with Crippen molar-refractivity contribution in [2.45, 2.75) is 33.4 Å². The van der Waals surface area contributed by atoms with Gasteiger partial charge in [0.05, 0.1) is 24.8 Å². The van der Waals surface area contributed by atoms with Crippen LogP contribution in [0.3, 0.4) is 0 Å². The van der Waals surface area contributed by atoms with Crippen LogP contribution in [0.4, 0.5) is 17.6 Å². The molecule has 2 heterocycles. The predicted octanol–water partition coefficient (Wildman–Crippen LogP) is 3.36. The minimum atomic E-state index is -0.657. The smallest absolute Gasteiger partial charge is 0.276 e. The molecule has 2 aromatic heterocycles. The van der Waals surface area contributed by atoms with Crippen molar-refractivity contribution >= 4 is 63.1 Å². The van der Waals surface area contributed by atoms with Crippen molar-refractivity contribution in [1.82, 2.24) is 19.1 Å². The lowest BCUT2D eigenvalue weighted by molar-refractivity contribution is -0.110. The van der Waals surface area contributed by atoms with Crippen molar-refractivity contribution in [2.75, 3.05) is 43.7 Å². The van der Waals surface area contributed by atoms with Crippen molar-refractivity contribution in [3.05, 3.63) is 89.1 Å². The molecule has 5 rings (SSSR count). The number of carbonyl (C=O) groups is 3. The molecule has 0 saturated heterocycles. The second kappa shape index (κ2) is 16.5. The zero-order chi connectivity index (χ0) is 38.2. The number of imidazole rings is 2. The van der Waals surface area contributed by atoms with Gasteiger partial charge in [0.15, 0.2) is 0 Å². The number of rotatable bonds is 16. The van der Waals surface area contributed by atoms with E-state index in [-0.39, 0.29) is 29.3 Å². The van der Waals surface area contributed by atoms with E-state index in [0.717, 1.165) is 5.56 Å². The number of nitrogens with zero attached hydrogens (tertiary/aromatic N) is 5. The van der Waals surface area contributed by atoms with Crippen molar-refractivity contribution in [3.8, 4) is 11.5 Å². The van der Waals surface area contributed by atoms with Crippen LogP contribution in [0.2, 0.25) is 0 Å². The lowest BCUT2D eigenvalue weighted by Crippen LogP contribution is -2.24. The molecule has 0 radical (unpaired) electrons. The number of amides is 3. The first kappa shape index (κ1) is 37.4. The molecule has 3 amide bonds.